The van der Waals surface area contributed by atoms with Gasteiger partial charge in [0, 0.05) is 36.5 Å². The number of likely N-dealkylation sites (tertiary alicyclic amines) is 1. The van der Waals surface area contributed by atoms with E-state index < -0.39 is 0 Å². The quantitative estimate of drug-likeness (QED) is 0.386. The molecule has 6 nitrogen and oxygen atoms in total. The Hall–Kier alpha value is -2.80. The Bertz CT molecular complexity index is 925. The van der Waals surface area contributed by atoms with Crippen molar-refractivity contribution in [2.45, 2.75) is 17.9 Å². The number of rotatable bonds is 6. The summed E-state index contributed by atoms with van der Waals surface area (Å²) in [6.07, 6.45) is 2.95. The molecule has 0 aliphatic carbocycles. The molecule has 2 heterocycles. The van der Waals surface area contributed by atoms with Crippen LogP contribution < -0.4 is 5.32 Å². The first-order valence-corrected chi connectivity index (χ1v) is 10.9. The Kier molecular flexibility index (Phi) is 6.46. The van der Waals surface area contributed by atoms with Crippen LogP contribution in [0.5, 0.6) is 0 Å². The van der Waals surface area contributed by atoms with Gasteiger partial charge < -0.3 is 10.2 Å². The van der Waals surface area contributed by atoms with Crippen LogP contribution in [0, 0.1) is 5.92 Å². The van der Waals surface area contributed by atoms with Gasteiger partial charge in [-0.15, -0.1) is 22.0 Å². The second kappa shape index (κ2) is 9.60. The molecular weight excluding hydrogens is 380 g/mol. The van der Waals surface area contributed by atoms with E-state index in [0.29, 0.717) is 12.5 Å². The molecule has 1 atom stereocenters. The van der Waals surface area contributed by atoms with Crippen LogP contribution in [0.2, 0.25) is 0 Å². The highest BCUT2D eigenvalue weighted by Crippen LogP contribution is 2.25. The molecule has 1 saturated heterocycles. The zero-order chi connectivity index (χ0) is 19.9. The summed E-state index contributed by atoms with van der Waals surface area (Å²) >= 11 is 1.94. The summed E-state index contributed by atoms with van der Waals surface area (Å²) in [5.74, 6) is 3.61. The van der Waals surface area contributed by atoms with E-state index in [0.717, 1.165) is 36.3 Å². The monoisotopic (exact) mass is 406 g/mol. The number of aromatic nitrogens is 3. The summed E-state index contributed by atoms with van der Waals surface area (Å²) in [7, 11) is 1.84. The van der Waals surface area contributed by atoms with Gasteiger partial charge in [-0.3, -0.25) is 9.56 Å². The lowest BCUT2D eigenvalue weighted by Gasteiger charge is -2.21. The van der Waals surface area contributed by atoms with Gasteiger partial charge in [0.2, 0.25) is 0 Å². The smallest absolute Gasteiger partial charge is 0.194 e. The molecule has 29 heavy (non-hydrogen) atoms. The number of para-hydroxylation sites is 1. The van der Waals surface area contributed by atoms with E-state index in [1.54, 1.807) is 6.33 Å². The molecule has 0 spiro atoms. The molecule has 1 aromatic heterocycles. The molecule has 0 bridgehead atoms. The number of guanidine groups is 1. The minimum absolute atomic E-state index is 0.585. The highest BCUT2D eigenvalue weighted by Gasteiger charge is 2.25. The van der Waals surface area contributed by atoms with Gasteiger partial charge >= 0.3 is 0 Å². The molecule has 2 aromatic carbocycles. The molecule has 150 valence electrons. The Morgan fingerprint density at radius 3 is 2.66 bits per heavy atom. The van der Waals surface area contributed by atoms with Gasteiger partial charge in [-0.05, 0) is 36.6 Å². The SMILES string of the molecule is CN=C(NCc1nncn1-c1ccccc1)N1CCC(CSc2ccccc2)C1. The predicted molar refractivity (Wildman–Crippen MR) is 118 cm³/mol. The third-order valence-corrected chi connectivity index (χ3v) is 6.33. The van der Waals surface area contributed by atoms with Crippen molar-refractivity contribution < 1.29 is 0 Å². The van der Waals surface area contributed by atoms with E-state index in [2.05, 4.69) is 67.9 Å². The lowest BCUT2D eigenvalue weighted by Crippen LogP contribution is -2.40. The van der Waals surface area contributed by atoms with Crippen molar-refractivity contribution >= 4 is 17.7 Å². The lowest BCUT2D eigenvalue weighted by molar-refractivity contribution is 0.472. The van der Waals surface area contributed by atoms with Crippen LogP contribution in [-0.4, -0.2) is 51.5 Å². The second-order valence-electron chi connectivity index (χ2n) is 7.08. The normalized spacial score (nSPS) is 16.9. The highest BCUT2D eigenvalue weighted by atomic mass is 32.2. The highest BCUT2D eigenvalue weighted by molar-refractivity contribution is 7.99. The first-order valence-electron chi connectivity index (χ1n) is 9.91. The Morgan fingerprint density at radius 2 is 1.90 bits per heavy atom. The Labute approximate surface area is 176 Å². The molecule has 1 aliphatic heterocycles. The zero-order valence-corrected chi connectivity index (χ0v) is 17.4. The van der Waals surface area contributed by atoms with Crippen molar-refractivity contribution in [3.8, 4) is 5.69 Å². The van der Waals surface area contributed by atoms with Gasteiger partial charge in [0.15, 0.2) is 11.8 Å². The molecule has 4 rings (SSSR count). The molecule has 3 aromatic rings. The van der Waals surface area contributed by atoms with Crippen molar-refractivity contribution in [2.75, 3.05) is 25.9 Å². The maximum Gasteiger partial charge on any atom is 0.194 e. The Balaban J connectivity index is 1.31. The van der Waals surface area contributed by atoms with Crippen molar-refractivity contribution in [1.82, 2.24) is 25.0 Å². The summed E-state index contributed by atoms with van der Waals surface area (Å²) in [6.45, 7) is 2.65. The van der Waals surface area contributed by atoms with Crippen LogP contribution in [0.15, 0.2) is 76.9 Å². The molecule has 1 fully saturated rings. The maximum atomic E-state index is 4.49. The number of nitrogens with zero attached hydrogens (tertiary/aromatic N) is 5. The zero-order valence-electron chi connectivity index (χ0n) is 16.6. The number of thioether (sulfide) groups is 1. The van der Waals surface area contributed by atoms with Crippen LogP contribution >= 0.6 is 11.8 Å². The predicted octanol–water partition coefficient (Wildman–Crippen LogP) is 3.46. The number of hydrogen-bond acceptors (Lipinski definition) is 4. The van der Waals surface area contributed by atoms with E-state index in [1.165, 1.54) is 11.3 Å². The second-order valence-corrected chi connectivity index (χ2v) is 8.17. The molecule has 1 unspecified atom stereocenters. The standard InChI is InChI=1S/C22H26N6S/c1-23-22(24-14-21-26-25-17-28(21)19-8-4-2-5-9-19)27-13-12-18(15-27)16-29-20-10-6-3-7-11-20/h2-11,17-18H,12-16H2,1H3,(H,23,24). The molecule has 0 radical (unpaired) electrons. The third-order valence-electron chi connectivity index (χ3n) is 5.08. The molecule has 1 aliphatic rings. The summed E-state index contributed by atoms with van der Waals surface area (Å²) in [6, 6.07) is 20.8. The van der Waals surface area contributed by atoms with Crippen LogP contribution in [0.1, 0.15) is 12.2 Å². The maximum absolute atomic E-state index is 4.49. The number of benzene rings is 2. The summed E-state index contributed by atoms with van der Waals surface area (Å²) in [4.78, 5) is 8.18. The first-order chi connectivity index (χ1) is 14.3. The number of aliphatic imine (C=N–C) groups is 1. The molecular formula is C22H26N6S. The fourth-order valence-corrected chi connectivity index (χ4v) is 4.62. The van der Waals surface area contributed by atoms with E-state index in [4.69, 9.17) is 0 Å². The summed E-state index contributed by atoms with van der Waals surface area (Å²) in [5.41, 5.74) is 1.06. The Morgan fingerprint density at radius 1 is 1.14 bits per heavy atom. The van der Waals surface area contributed by atoms with Crippen molar-refractivity contribution in [3.63, 3.8) is 0 Å². The van der Waals surface area contributed by atoms with E-state index >= 15 is 0 Å². The number of hydrogen-bond donors (Lipinski definition) is 1. The van der Waals surface area contributed by atoms with Crippen molar-refractivity contribution in [3.05, 3.63) is 72.8 Å². The van der Waals surface area contributed by atoms with Crippen LogP contribution in [-0.2, 0) is 6.54 Å². The summed E-state index contributed by atoms with van der Waals surface area (Å²) < 4.78 is 2.00. The number of nitrogens with one attached hydrogen (secondary N) is 1. The average Bonchev–Trinajstić information content (AvgIpc) is 3.44. The van der Waals surface area contributed by atoms with E-state index in [1.807, 2.05) is 41.6 Å². The molecule has 0 amide bonds. The lowest BCUT2D eigenvalue weighted by atomic mass is 10.2. The molecule has 1 N–H and O–H groups in total. The molecule has 7 heteroatoms. The minimum Gasteiger partial charge on any atom is -0.349 e. The van der Waals surface area contributed by atoms with Gasteiger partial charge in [0.25, 0.3) is 0 Å². The van der Waals surface area contributed by atoms with Gasteiger partial charge in [-0.1, -0.05) is 36.4 Å². The van der Waals surface area contributed by atoms with Crippen LogP contribution in [0.25, 0.3) is 5.69 Å². The summed E-state index contributed by atoms with van der Waals surface area (Å²) in [5, 5.41) is 11.8. The van der Waals surface area contributed by atoms with Crippen molar-refractivity contribution in [2.24, 2.45) is 10.9 Å². The van der Waals surface area contributed by atoms with Gasteiger partial charge in [-0.25, -0.2) is 0 Å². The fourth-order valence-electron chi connectivity index (χ4n) is 3.57. The third kappa shape index (κ3) is 4.98. The van der Waals surface area contributed by atoms with Crippen molar-refractivity contribution in [1.29, 1.82) is 0 Å². The largest absolute Gasteiger partial charge is 0.349 e. The minimum atomic E-state index is 0.585. The van der Waals surface area contributed by atoms with Gasteiger partial charge in [0.1, 0.15) is 6.33 Å². The molecule has 0 saturated carbocycles. The van der Waals surface area contributed by atoms with E-state index in [9.17, 15) is 0 Å². The average molecular weight is 407 g/mol. The van der Waals surface area contributed by atoms with Gasteiger partial charge in [0.05, 0.1) is 6.54 Å². The van der Waals surface area contributed by atoms with Gasteiger partial charge in [-0.2, -0.15) is 0 Å². The van der Waals surface area contributed by atoms with E-state index in [-0.39, 0.29) is 0 Å². The fraction of sp³-hybridized carbons (Fsp3) is 0.318. The van der Waals surface area contributed by atoms with Crippen LogP contribution in [0.3, 0.4) is 0 Å². The first kappa shape index (κ1) is 19.5. The van der Waals surface area contributed by atoms with Crippen LogP contribution in [0.4, 0.5) is 0 Å². The topological polar surface area (TPSA) is 58.3 Å².